The van der Waals surface area contributed by atoms with E-state index in [0.29, 0.717) is 37.0 Å². The minimum atomic E-state index is -4.41. The second-order valence-corrected chi connectivity index (χ2v) is 9.18. The molecule has 2 aliphatic carbocycles. The van der Waals surface area contributed by atoms with Gasteiger partial charge in [-0.2, -0.15) is 13.2 Å². The highest BCUT2D eigenvalue weighted by Gasteiger charge is 2.40. The van der Waals surface area contributed by atoms with E-state index in [1.165, 1.54) is 30.2 Å². The number of pyridine rings is 1. The molecule has 1 aromatic carbocycles. The number of amides is 1. The van der Waals surface area contributed by atoms with E-state index in [0.717, 1.165) is 31.0 Å². The summed E-state index contributed by atoms with van der Waals surface area (Å²) in [5.41, 5.74) is 2.46. The maximum Gasteiger partial charge on any atom is 0.417 e. The maximum absolute atomic E-state index is 12.9. The molecule has 2 heterocycles. The third kappa shape index (κ3) is 4.70. The molecular weight excluding hydrogens is 403 g/mol. The molecule has 0 spiro atoms. The van der Waals surface area contributed by atoms with Gasteiger partial charge in [0.15, 0.2) is 0 Å². The topological polar surface area (TPSA) is 45.2 Å². The Kier molecular flexibility index (Phi) is 5.15. The molecule has 0 bridgehead atoms. The first-order chi connectivity index (χ1) is 14.9. The molecule has 3 aliphatic rings. The zero-order chi connectivity index (χ0) is 21.6. The highest BCUT2D eigenvalue weighted by molar-refractivity contribution is 5.77. The van der Waals surface area contributed by atoms with E-state index in [1.54, 1.807) is 0 Å². The Morgan fingerprint density at radius 3 is 2.55 bits per heavy atom. The Hall–Kier alpha value is -2.57. The summed E-state index contributed by atoms with van der Waals surface area (Å²) in [6.07, 6.45) is 2.75. The lowest BCUT2D eigenvalue weighted by Crippen LogP contribution is -2.37. The van der Waals surface area contributed by atoms with Crippen molar-refractivity contribution in [2.24, 2.45) is 5.92 Å². The lowest BCUT2D eigenvalue weighted by molar-refractivity contribution is -0.137. The molecule has 3 atom stereocenters. The van der Waals surface area contributed by atoms with Crippen molar-refractivity contribution in [3.63, 3.8) is 0 Å². The predicted molar refractivity (Wildman–Crippen MR) is 112 cm³/mol. The van der Waals surface area contributed by atoms with Crippen molar-refractivity contribution in [2.75, 3.05) is 18.0 Å². The largest absolute Gasteiger partial charge is 0.417 e. The van der Waals surface area contributed by atoms with Crippen LogP contribution in [-0.2, 0) is 11.0 Å². The van der Waals surface area contributed by atoms with Crippen molar-refractivity contribution < 1.29 is 18.0 Å². The summed E-state index contributed by atoms with van der Waals surface area (Å²) < 4.78 is 38.8. The van der Waals surface area contributed by atoms with Gasteiger partial charge >= 0.3 is 6.18 Å². The van der Waals surface area contributed by atoms with Crippen LogP contribution in [0.2, 0.25) is 0 Å². The number of halogens is 3. The molecule has 1 saturated heterocycles. The van der Waals surface area contributed by atoms with Crippen LogP contribution in [0, 0.1) is 5.92 Å². The van der Waals surface area contributed by atoms with Crippen LogP contribution in [0.15, 0.2) is 42.7 Å². The summed E-state index contributed by atoms with van der Waals surface area (Å²) in [6.45, 7) is 1.11. The summed E-state index contributed by atoms with van der Waals surface area (Å²) in [5, 5.41) is 3.08. The van der Waals surface area contributed by atoms with Crippen molar-refractivity contribution in [1.29, 1.82) is 0 Å². The summed E-state index contributed by atoms with van der Waals surface area (Å²) in [4.78, 5) is 18.1. The maximum atomic E-state index is 12.9. The van der Waals surface area contributed by atoms with Crippen molar-refractivity contribution in [3.05, 3.63) is 59.4 Å². The predicted octanol–water partition coefficient (Wildman–Crippen LogP) is 4.87. The van der Waals surface area contributed by atoms with Crippen LogP contribution < -0.4 is 10.2 Å². The smallest absolute Gasteiger partial charge is 0.368 e. The quantitative estimate of drug-likeness (QED) is 0.713. The average Bonchev–Trinajstić information content (AvgIpc) is 3.66. The van der Waals surface area contributed by atoms with Crippen molar-refractivity contribution in [3.8, 4) is 0 Å². The Labute approximate surface area is 179 Å². The molecule has 2 saturated carbocycles. The molecule has 0 unspecified atom stereocenters. The van der Waals surface area contributed by atoms with Crippen LogP contribution in [0.25, 0.3) is 0 Å². The summed E-state index contributed by atoms with van der Waals surface area (Å²) in [6, 6.07) is 9.98. The van der Waals surface area contributed by atoms with E-state index in [2.05, 4.69) is 34.6 Å². The van der Waals surface area contributed by atoms with Gasteiger partial charge in [-0.3, -0.25) is 9.78 Å². The van der Waals surface area contributed by atoms with E-state index in [9.17, 15) is 18.0 Å². The van der Waals surface area contributed by atoms with Crippen molar-refractivity contribution in [2.45, 2.75) is 56.2 Å². The van der Waals surface area contributed by atoms with Gasteiger partial charge in [0, 0.05) is 31.7 Å². The first-order valence-electron chi connectivity index (χ1n) is 11.0. The fraction of sp³-hybridized carbons (Fsp3) is 0.500. The average molecular weight is 429 g/mol. The third-order valence-electron chi connectivity index (χ3n) is 6.75. The number of hydrogen-bond donors (Lipinski definition) is 1. The van der Waals surface area contributed by atoms with Crippen LogP contribution in [0.5, 0.6) is 0 Å². The second kappa shape index (κ2) is 7.84. The Balaban J connectivity index is 1.10. The number of hydrogen-bond acceptors (Lipinski definition) is 3. The second-order valence-electron chi connectivity index (χ2n) is 9.18. The molecular formula is C24H26F3N3O. The van der Waals surface area contributed by atoms with E-state index < -0.39 is 11.7 Å². The molecule has 1 N–H and O–H groups in total. The van der Waals surface area contributed by atoms with Crippen LogP contribution in [0.3, 0.4) is 0 Å². The Bertz CT molecular complexity index is 955. The van der Waals surface area contributed by atoms with Crippen LogP contribution in [-0.4, -0.2) is 30.0 Å². The van der Waals surface area contributed by atoms with Gasteiger partial charge in [-0.1, -0.05) is 24.3 Å². The van der Waals surface area contributed by atoms with E-state index >= 15 is 0 Å². The zero-order valence-corrected chi connectivity index (χ0v) is 17.2. The summed E-state index contributed by atoms with van der Waals surface area (Å²) in [5.74, 6) is 1.65. The van der Waals surface area contributed by atoms with Gasteiger partial charge < -0.3 is 10.2 Å². The number of aromatic nitrogens is 1. The van der Waals surface area contributed by atoms with Gasteiger partial charge in [0.1, 0.15) is 0 Å². The highest BCUT2D eigenvalue weighted by atomic mass is 19.4. The monoisotopic (exact) mass is 429 g/mol. The number of carbonyl (C=O) groups is 1. The summed E-state index contributed by atoms with van der Waals surface area (Å²) in [7, 11) is 0. The Morgan fingerprint density at radius 2 is 1.84 bits per heavy atom. The number of benzene rings is 1. The molecule has 1 aliphatic heterocycles. The normalized spacial score (nSPS) is 25.5. The molecule has 164 valence electrons. The van der Waals surface area contributed by atoms with Gasteiger partial charge in [0.2, 0.25) is 5.91 Å². The fourth-order valence-electron chi connectivity index (χ4n) is 4.71. The van der Waals surface area contributed by atoms with E-state index in [1.807, 2.05) is 4.90 Å². The van der Waals surface area contributed by atoms with Gasteiger partial charge in [0.25, 0.3) is 0 Å². The number of rotatable bonds is 6. The van der Waals surface area contributed by atoms with Gasteiger partial charge in [-0.25, -0.2) is 0 Å². The lowest BCUT2D eigenvalue weighted by Gasteiger charge is -2.20. The molecule has 7 heteroatoms. The number of alkyl halides is 3. The highest BCUT2D eigenvalue weighted by Crippen LogP contribution is 2.50. The molecule has 4 nitrogen and oxygen atoms in total. The molecule has 1 amide bonds. The lowest BCUT2D eigenvalue weighted by atomic mass is 10.0. The molecule has 3 fully saturated rings. The van der Waals surface area contributed by atoms with Crippen LogP contribution in [0.4, 0.5) is 18.9 Å². The first-order valence-corrected chi connectivity index (χ1v) is 11.0. The van der Waals surface area contributed by atoms with Gasteiger partial charge in [0.05, 0.1) is 17.4 Å². The van der Waals surface area contributed by atoms with Crippen molar-refractivity contribution in [1.82, 2.24) is 10.3 Å². The Morgan fingerprint density at radius 1 is 1.10 bits per heavy atom. The van der Waals surface area contributed by atoms with Crippen LogP contribution in [0.1, 0.15) is 60.6 Å². The first kappa shape index (κ1) is 20.3. The molecule has 31 heavy (non-hydrogen) atoms. The minimum absolute atomic E-state index is 0.0381. The number of nitrogens with zero attached hydrogens (tertiary/aromatic N) is 2. The molecule has 0 radical (unpaired) electrons. The SMILES string of the molecule is O=C(C[C@H]1C[C@H]1c1ccc(C2CC2)cc1)N[C@@H]1CCN(c2cncc(C(F)(F)F)c2)C1. The zero-order valence-electron chi connectivity index (χ0n) is 17.2. The third-order valence-corrected chi connectivity index (χ3v) is 6.75. The molecule has 2 aromatic rings. The standard InChI is InChI=1S/C24H26F3N3O/c25-24(26,27)19-11-21(13-28-12-19)30-8-7-20(14-30)29-23(31)10-18-9-22(18)17-5-3-16(4-6-17)15-1-2-15/h3-6,11-13,15,18,20,22H,1-2,7-10,14H2,(H,29,31)/t18-,20-,22+/m1/s1. The van der Waals surface area contributed by atoms with Crippen LogP contribution >= 0.6 is 0 Å². The van der Waals surface area contributed by atoms with Gasteiger partial charge in [-0.05, 0) is 60.6 Å². The summed E-state index contributed by atoms with van der Waals surface area (Å²) >= 11 is 0. The van der Waals surface area contributed by atoms with E-state index in [-0.39, 0.29) is 11.9 Å². The number of carbonyl (C=O) groups excluding carboxylic acids is 1. The number of anilines is 1. The van der Waals surface area contributed by atoms with Crippen molar-refractivity contribution >= 4 is 11.6 Å². The minimum Gasteiger partial charge on any atom is -0.368 e. The molecule has 1 aromatic heterocycles. The number of nitrogens with one attached hydrogen (secondary N) is 1. The fourth-order valence-corrected chi connectivity index (χ4v) is 4.71. The molecule has 5 rings (SSSR count). The van der Waals surface area contributed by atoms with Gasteiger partial charge in [-0.15, -0.1) is 0 Å². The van der Waals surface area contributed by atoms with E-state index in [4.69, 9.17) is 0 Å².